The molecule has 1 aromatic rings. The molecule has 1 N–H and O–H groups in total. The van der Waals surface area contributed by atoms with Gasteiger partial charge in [-0.15, -0.1) is 0 Å². The number of morpholine rings is 1. The first-order valence-corrected chi connectivity index (χ1v) is 6.84. The zero-order valence-corrected chi connectivity index (χ0v) is 11.6. The molecule has 0 amide bonds. The Bertz CT molecular complexity index is 411. The molecule has 1 aliphatic rings. The average molecular weight is 267 g/mol. The van der Waals surface area contributed by atoms with Crippen LogP contribution in [0.3, 0.4) is 0 Å². The molecule has 0 saturated carbocycles. The summed E-state index contributed by atoms with van der Waals surface area (Å²) >= 11 is 0. The van der Waals surface area contributed by atoms with Crippen molar-refractivity contribution in [3.05, 3.63) is 35.6 Å². The highest BCUT2D eigenvalue weighted by Crippen LogP contribution is 2.15. The Morgan fingerprint density at radius 3 is 2.95 bits per heavy atom. The van der Waals surface area contributed by atoms with E-state index in [1.807, 2.05) is 6.07 Å². The van der Waals surface area contributed by atoms with Gasteiger partial charge in [-0.1, -0.05) is 12.1 Å². The van der Waals surface area contributed by atoms with Crippen molar-refractivity contribution in [3.8, 4) is 0 Å². The molecule has 4 heteroatoms. The van der Waals surface area contributed by atoms with E-state index in [2.05, 4.69) is 18.7 Å². The summed E-state index contributed by atoms with van der Waals surface area (Å²) in [5.74, 6) is -0.266. The van der Waals surface area contributed by atoms with Crippen molar-refractivity contribution in [2.24, 2.45) is 0 Å². The number of ether oxygens (including phenoxy) is 1. The smallest absolute Gasteiger partial charge is 0.123 e. The van der Waals surface area contributed by atoms with E-state index >= 15 is 0 Å². The van der Waals surface area contributed by atoms with Gasteiger partial charge in [0, 0.05) is 25.6 Å². The molecule has 1 aromatic carbocycles. The van der Waals surface area contributed by atoms with Gasteiger partial charge < -0.3 is 9.84 Å². The Morgan fingerprint density at radius 2 is 2.26 bits per heavy atom. The van der Waals surface area contributed by atoms with Gasteiger partial charge in [-0.2, -0.15) is 0 Å². The van der Waals surface area contributed by atoms with Crippen LogP contribution in [0.15, 0.2) is 24.3 Å². The summed E-state index contributed by atoms with van der Waals surface area (Å²) in [7, 11) is 0. The molecule has 0 aliphatic carbocycles. The highest BCUT2D eigenvalue weighted by atomic mass is 19.1. The van der Waals surface area contributed by atoms with E-state index < -0.39 is 6.10 Å². The van der Waals surface area contributed by atoms with Crippen molar-refractivity contribution in [1.82, 2.24) is 4.90 Å². The first kappa shape index (κ1) is 14.4. The minimum absolute atomic E-state index is 0.195. The summed E-state index contributed by atoms with van der Waals surface area (Å²) in [6.45, 7) is 6.56. The van der Waals surface area contributed by atoms with E-state index in [0.717, 1.165) is 18.7 Å². The number of aliphatic hydroxyl groups is 1. The lowest BCUT2D eigenvalue weighted by Gasteiger charge is -2.37. The zero-order valence-electron chi connectivity index (χ0n) is 11.6. The lowest BCUT2D eigenvalue weighted by molar-refractivity contribution is -0.0940. The molecule has 0 bridgehead atoms. The lowest BCUT2D eigenvalue weighted by atomic mass is 10.0. The molecular formula is C15H22FNO2. The van der Waals surface area contributed by atoms with Crippen LogP contribution in [0.25, 0.3) is 0 Å². The molecular weight excluding hydrogens is 245 g/mol. The summed E-state index contributed by atoms with van der Waals surface area (Å²) in [5, 5.41) is 10.2. The first-order chi connectivity index (χ1) is 9.06. The minimum atomic E-state index is -0.594. The Balaban J connectivity index is 1.94. The van der Waals surface area contributed by atoms with Crippen LogP contribution >= 0.6 is 0 Å². The number of rotatable bonds is 4. The summed E-state index contributed by atoms with van der Waals surface area (Å²) in [6, 6.07) is 6.82. The van der Waals surface area contributed by atoms with Gasteiger partial charge in [-0.3, -0.25) is 4.90 Å². The molecule has 1 saturated heterocycles. The first-order valence-electron chi connectivity index (χ1n) is 6.84. The Labute approximate surface area is 114 Å². The van der Waals surface area contributed by atoms with Crippen LogP contribution in [0, 0.1) is 5.82 Å². The van der Waals surface area contributed by atoms with Gasteiger partial charge in [-0.05, 0) is 31.5 Å². The van der Waals surface area contributed by atoms with Gasteiger partial charge in [0.2, 0.25) is 0 Å². The predicted molar refractivity (Wildman–Crippen MR) is 72.6 cm³/mol. The van der Waals surface area contributed by atoms with E-state index in [-0.39, 0.29) is 11.9 Å². The largest absolute Gasteiger partial charge is 0.390 e. The van der Waals surface area contributed by atoms with Crippen molar-refractivity contribution < 1.29 is 14.2 Å². The molecule has 0 spiro atoms. The van der Waals surface area contributed by atoms with Crippen LogP contribution in [0.1, 0.15) is 19.4 Å². The average Bonchev–Trinajstić information content (AvgIpc) is 2.39. The minimum Gasteiger partial charge on any atom is -0.390 e. The number of benzene rings is 1. The molecule has 2 rings (SSSR count). The molecule has 3 nitrogen and oxygen atoms in total. The van der Waals surface area contributed by atoms with E-state index in [1.165, 1.54) is 12.1 Å². The molecule has 1 aliphatic heterocycles. The maximum atomic E-state index is 13.1. The molecule has 2 atom stereocenters. The third-order valence-corrected chi connectivity index (χ3v) is 3.62. The van der Waals surface area contributed by atoms with Crippen LogP contribution in [0.4, 0.5) is 4.39 Å². The molecule has 0 radical (unpaired) electrons. The summed E-state index contributed by atoms with van der Waals surface area (Å²) in [5.41, 5.74) is 0.803. The summed E-state index contributed by atoms with van der Waals surface area (Å²) in [6.07, 6.45) is -0.364. The second kappa shape index (κ2) is 6.46. The normalized spacial score (nSPS) is 22.7. The second-order valence-corrected chi connectivity index (χ2v) is 5.40. The van der Waals surface area contributed by atoms with Crippen LogP contribution in [-0.4, -0.2) is 48.0 Å². The molecule has 0 aromatic heterocycles. The number of aliphatic hydroxyl groups excluding tert-OH is 1. The standard InChI is InChI=1S/C15H22FNO2/c1-11(2)17-6-7-19-15(10-17)14(18)9-12-4-3-5-13(16)8-12/h3-5,8,11,14-15,18H,6-7,9-10H2,1-2H3. The van der Waals surface area contributed by atoms with Crippen LogP contribution in [-0.2, 0) is 11.2 Å². The van der Waals surface area contributed by atoms with Gasteiger partial charge in [-0.25, -0.2) is 4.39 Å². The molecule has 1 fully saturated rings. The van der Waals surface area contributed by atoms with E-state index in [1.54, 1.807) is 6.07 Å². The quantitative estimate of drug-likeness (QED) is 0.903. The maximum Gasteiger partial charge on any atom is 0.123 e. The van der Waals surface area contributed by atoms with Crippen molar-refractivity contribution in [3.63, 3.8) is 0 Å². The topological polar surface area (TPSA) is 32.7 Å². The molecule has 106 valence electrons. The van der Waals surface area contributed by atoms with Gasteiger partial charge in [0.25, 0.3) is 0 Å². The fraction of sp³-hybridized carbons (Fsp3) is 0.600. The number of halogens is 1. The third-order valence-electron chi connectivity index (χ3n) is 3.62. The van der Waals surface area contributed by atoms with Gasteiger partial charge >= 0.3 is 0 Å². The van der Waals surface area contributed by atoms with Crippen LogP contribution in [0.5, 0.6) is 0 Å². The van der Waals surface area contributed by atoms with Crippen molar-refractivity contribution >= 4 is 0 Å². The predicted octanol–water partition coefficient (Wildman–Crippen LogP) is 1.84. The van der Waals surface area contributed by atoms with Gasteiger partial charge in [0.1, 0.15) is 5.82 Å². The highest BCUT2D eigenvalue weighted by molar-refractivity contribution is 5.17. The Hall–Kier alpha value is -0.970. The number of hydrogen-bond acceptors (Lipinski definition) is 3. The number of hydrogen-bond donors (Lipinski definition) is 1. The zero-order chi connectivity index (χ0) is 13.8. The van der Waals surface area contributed by atoms with Crippen molar-refractivity contribution in [2.45, 2.75) is 38.5 Å². The second-order valence-electron chi connectivity index (χ2n) is 5.40. The highest BCUT2D eigenvalue weighted by Gasteiger charge is 2.28. The van der Waals surface area contributed by atoms with Crippen LogP contribution < -0.4 is 0 Å². The molecule has 19 heavy (non-hydrogen) atoms. The van der Waals surface area contributed by atoms with E-state index in [4.69, 9.17) is 4.74 Å². The van der Waals surface area contributed by atoms with Gasteiger partial charge in [0.05, 0.1) is 18.8 Å². The summed E-state index contributed by atoms with van der Waals surface area (Å²) in [4.78, 5) is 2.29. The monoisotopic (exact) mass is 267 g/mol. The van der Waals surface area contributed by atoms with Crippen molar-refractivity contribution in [2.75, 3.05) is 19.7 Å². The van der Waals surface area contributed by atoms with E-state index in [9.17, 15) is 9.50 Å². The lowest BCUT2D eigenvalue weighted by Crippen LogP contribution is -2.50. The Morgan fingerprint density at radius 1 is 1.47 bits per heavy atom. The maximum absolute atomic E-state index is 13.1. The Kier molecular flexibility index (Phi) is 4.91. The van der Waals surface area contributed by atoms with Crippen LogP contribution in [0.2, 0.25) is 0 Å². The SMILES string of the molecule is CC(C)N1CCOC(C(O)Cc2cccc(F)c2)C1. The molecule has 2 unspecified atom stereocenters. The fourth-order valence-electron chi connectivity index (χ4n) is 2.44. The molecule has 1 heterocycles. The van der Waals surface area contributed by atoms with E-state index in [0.29, 0.717) is 19.1 Å². The van der Waals surface area contributed by atoms with Crippen molar-refractivity contribution in [1.29, 1.82) is 0 Å². The summed E-state index contributed by atoms with van der Waals surface area (Å²) < 4.78 is 18.7. The third kappa shape index (κ3) is 4.00. The van der Waals surface area contributed by atoms with Gasteiger partial charge in [0.15, 0.2) is 0 Å². The number of nitrogens with zero attached hydrogens (tertiary/aromatic N) is 1. The fourth-order valence-corrected chi connectivity index (χ4v) is 2.44.